The third-order valence-corrected chi connectivity index (χ3v) is 4.02. The molecule has 0 saturated heterocycles. The van der Waals surface area contributed by atoms with Gasteiger partial charge < -0.3 is 10.1 Å². The molecule has 2 nitrogen and oxygen atoms in total. The number of aryl methyl sites for hydroxylation is 1. The Kier molecular flexibility index (Phi) is 3.62. The summed E-state index contributed by atoms with van der Waals surface area (Å²) in [5, 5.41) is 3.49. The summed E-state index contributed by atoms with van der Waals surface area (Å²) in [4.78, 5) is 0. The zero-order valence-corrected chi connectivity index (χ0v) is 13.1. The number of nitrogens with one attached hydrogen (secondary N) is 1. The zero-order chi connectivity index (χ0) is 14.9. The summed E-state index contributed by atoms with van der Waals surface area (Å²) in [5.41, 5.74) is 4.99. The highest BCUT2D eigenvalue weighted by Gasteiger charge is 2.31. The molecule has 0 saturated carbocycles. The van der Waals surface area contributed by atoms with Crippen molar-refractivity contribution >= 4 is 5.69 Å². The smallest absolute Gasteiger partial charge is 0.128 e. The summed E-state index contributed by atoms with van der Waals surface area (Å²) < 4.78 is 6.11. The van der Waals surface area contributed by atoms with Gasteiger partial charge in [0, 0.05) is 24.2 Å². The highest BCUT2D eigenvalue weighted by atomic mass is 16.5. The SMILES string of the molecule is CCc1ccc(NCc2cccc3c2OC(C)(C)C3)cc1. The van der Waals surface area contributed by atoms with Gasteiger partial charge in [-0.15, -0.1) is 0 Å². The topological polar surface area (TPSA) is 21.3 Å². The van der Waals surface area contributed by atoms with E-state index >= 15 is 0 Å². The van der Waals surface area contributed by atoms with E-state index in [0.29, 0.717) is 0 Å². The minimum absolute atomic E-state index is 0.0821. The van der Waals surface area contributed by atoms with Crippen LogP contribution in [-0.4, -0.2) is 5.60 Å². The van der Waals surface area contributed by atoms with Crippen LogP contribution in [0.1, 0.15) is 37.5 Å². The lowest BCUT2D eigenvalue weighted by molar-refractivity contribution is 0.137. The molecule has 1 heterocycles. The first-order valence-corrected chi connectivity index (χ1v) is 7.70. The highest BCUT2D eigenvalue weighted by molar-refractivity contribution is 5.50. The van der Waals surface area contributed by atoms with E-state index in [2.05, 4.69) is 68.6 Å². The Morgan fingerprint density at radius 1 is 1.10 bits per heavy atom. The summed E-state index contributed by atoms with van der Waals surface area (Å²) in [5.74, 6) is 1.07. The molecule has 0 atom stereocenters. The van der Waals surface area contributed by atoms with Crippen molar-refractivity contribution in [3.05, 3.63) is 59.2 Å². The van der Waals surface area contributed by atoms with Crippen LogP contribution in [0.3, 0.4) is 0 Å². The number of hydrogen-bond acceptors (Lipinski definition) is 2. The average Bonchev–Trinajstić information content (AvgIpc) is 2.80. The second-order valence-corrected chi connectivity index (χ2v) is 6.35. The summed E-state index contributed by atoms with van der Waals surface area (Å²) in [6.45, 7) is 7.26. The monoisotopic (exact) mass is 281 g/mol. The van der Waals surface area contributed by atoms with Crippen LogP contribution < -0.4 is 10.1 Å². The first kappa shape index (κ1) is 14.0. The zero-order valence-electron chi connectivity index (χ0n) is 13.1. The lowest BCUT2D eigenvalue weighted by Crippen LogP contribution is -2.25. The van der Waals surface area contributed by atoms with E-state index in [1.807, 2.05) is 0 Å². The van der Waals surface area contributed by atoms with Crippen molar-refractivity contribution in [3.63, 3.8) is 0 Å². The Hall–Kier alpha value is -1.96. The van der Waals surface area contributed by atoms with E-state index in [1.165, 1.54) is 16.7 Å². The van der Waals surface area contributed by atoms with Crippen LogP contribution >= 0.6 is 0 Å². The fourth-order valence-corrected chi connectivity index (χ4v) is 2.87. The van der Waals surface area contributed by atoms with Gasteiger partial charge in [0.15, 0.2) is 0 Å². The third-order valence-electron chi connectivity index (χ3n) is 4.02. The Morgan fingerprint density at radius 3 is 2.57 bits per heavy atom. The molecule has 0 amide bonds. The molecule has 2 aromatic carbocycles. The van der Waals surface area contributed by atoms with Crippen LogP contribution in [0.2, 0.25) is 0 Å². The van der Waals surface area contributed by atoms with Gasteiger partial charge in [-0.3, -0.25) is 0 Å². The molecule has 1 aliphatic heterocycles. The van der Waals surface area contributed by atoms with Gasteiger partial charge in [0.25, 0.3) is 0 Å². The lowest BCUT2D eigenvalue weighted by atomic mass is 10.0. The predicted molar refractivity (Wildman–Crippen MR) is 88.0 cm³/mol. The Balaban J connectivity index is 1.73. The number of para-hydroxylation sites is 1. The maximum Gasteiger partial charge on any atom is 0.128 e. The fraction of sp³-hybridized carbons (Fsp3) is 0.368. The van der Waals surface area contributed by atoms with Gasteiger partial charge in [-0.2, -0.15) is 0 Å². The number of hydrogen-bond donors (Lipinski definition) is 1. The number of fused-ring (bicyclic) bond motifs is 1. The molecular formula is C19H23NO. The van der Waals surface area contributed by atoms with E-state index in [9.17, 15) is 0 Å². The van der Waals surface area contributed by atoms with Crippen LogP contribution in [0.4, 0.5) is 5.69 Å². The Morgan fingerprint density at radius 2 is 1.86 bits per heavy atom. The normalized spacial score (nSPS) is 15.4. The predicted octanol–water partition coefficient (Wildman–Crippen LogP) is 4.57. The quantitative estimate of drug-likeness (QED) is 0.886. The van der Waals surface area contributed by atoms with Crippen molar-refractivity contribution in [2.24, 2.45) is 0 Å². The third kappa shape index (κ3) is 3.05. The Labute approximate surface area is 127 Å². The molecule has 1 aliphatic rings. The number of anilines is 1. The second-order valence-electron chi connectivity index (χ2n) is 6.35. The van der Waals surface area contributed by atoms with Crippen molar-refractivity contribution in [2.45, 2.75) is 45.8 Å². The van der Waals surface area contributed by atoms with Crippen LogP contribution in [0, 0.1) is 0 Å². The lowest BCUT2D eigenvalue weighted by Gasteiger charge is -2.18. The summed E-state index contributed by atoms with van der Waals surface area (Å²) in [7, 11) is 0. The number of benzene rings is 2. The van der Waals surface area contributed by atoms with E-state index < -0.39 is 0 Å². The summed E-state index contributed by atoms with van der Waals surface area (Å²) in [6.07, 6.45) is 2.07. The molecule has 2 heteroatoms. The molecular weight excluding hydrogens is 258 g/mol. The number of ether oxygens (including phenoxy) is 1. The van der Waals surface area contributed by atoms with Gasteiger partial charge >= 0.3 is 0 Å². The first-order chi connectivity index (χ1) is 10.1. The van der Waals surface area contributed by atoms with E-state index in [0.717, 1.165) is 30.8 Å². The molecule has 0 unspecified atom stereocenters. The van der Waals surface area contributed by atoms with Gasteiger partial charge in [0.2, 0.25) is 0 Å². The standard InChI is InChI=1S/C19H23NO/c1-4-14-8-10-17(11-9-14)20-13-16-7-5-6-15-12-19(2,3)21-18(15)16/h5-11,20H,4,12-13H2,1-3H3. The van der Waals surface area contributed by atoms with Crippen LogP contribution in [0.25, 0.3) is 0 Å². The molecule has 0 fully saturated rings. The van der Waals surface area contributed by atoms with Crippen LogP contribution in [0.15, 0.2) is 42.5 Å². The van der Waals surface area contributed by atoms with Gasteiger partial charge in [0.05, 0.1) is 0 Å². The van der Waals surface area contributed by atoms with Gasteiger partial charge in [0.1, 0.15) is 11.4 Å². The molecule has 3 rings (SSSR count). The summed E-state index contributed by atoms with van der Waals surface area (Å²) in [6, 6.07) is 15.1. The fourth-order valence-electron chi connectivity index (χ4n) is 2.87. The van der Waals surface area contributed by atoms with E-state index in [4.69, 9.17) is 4.74 Å². The molecule has 0 aliphatic carbocycles. The molecule has 0 aromatic heterocycles. The minimum Gasteiger partial charge on any atom is -0.487 e. The first-order valence-electron chi connectivity index (χ1n) is 7.70. The van der Waals surface area contributed by atoms with Gasteiger partial charge in [-0.25, -0.2) is 0 Å². The minimum atomic E-state index is -0.0821. The summed E-state index contributed by atoms with van der Waals surface area (Å²) >= 11 is 0. The van der Waals surface area contributed by atoms with Crippen molar-refractivity contribution in [1.29, 1.82) is 0 Å². The molecule has 110 valence electrons. The Bertz CT molecular complexity index is 629. The van der Waals surface area contributed by atoms with Crippen molar-refractivity contribution in [2.75, 3.05) is 5.32 Å². The number of rotatable bonds is 4. The van der Waals surface area contributed by atoms with Crippen molar-refractivity contribution in [3.8, 4) is 5.75 Å². The van der Waals surface area contributed by atoms with E-state index in [-0.39, 0.29) is 5.60 Å². The molecule has 21 heavy (non-hydrogen) atoms. The van der Waals surface area contributed by atoms with Crippen molar-refractivity contribution in [1.82, 2.24) is 0 Å². The van der Waals surface area contributed by atoms with Gasteiger partial charge in [-0.05, 0) is 43.5 Å². The van der Waals surface area contributed by atoms with Crippen LogP contribution in [-0.2, 0) is 19.4 Å². The van der Waals surface area contributed by atoms with Crippen molar-refractivity contribution < 1.29 is 4.74 Å². The van der Waals surface area contributed by atoms with Crippen LogP contribution in [0.5, 0.6) is 5.75 Å². The maximum atomic E-state index is 6.11. The highest BCUT2D eigenvalue weighted by Crippen LogP contribution is 2.37. The molecule has 0 spiro atoms. The second kappa shape index (κ2) is 5.44. The van der Waals surface area contributed by atoms with Gasteiger partial charge in [-0.1, -0.05) is 37.3 Å². The molecule has 2 aromatic rings. The molecule has 1 N–H and O–H groups in total. The average molecular weight is 281 g/mol. The van der Waals surface area contributed by atoms with E-state index in [1.54, 1.807) is 0 Å². The largest absolute Gasteiger partial charge is 0.487 e. The molecule has 0 radical (unpaired) electrons. The maximum absolute atomic E-state index is 6.11. The molecule has 0 bridgehead atoms.